The van der Waals surface area contributed by atoms with Crippen LogP contribution in [0, 0.1) is 11.6 Å². The van der Waals surface area contributed by atoms with Crippen LogP contribution in [0.5, 0.6) is 0 Å². The Labute approximate surface area is 221 Å². The number of rotatable bonds is 8. The Bertz CT molecular complexity index is 1330. The van der Waals surface area contributed by atoms with Gasteiger partial charge in [0.05, 0.1) is 11.5 Å². The third-order valence-corrected chi connectivity index (χ3v) is 8.43. The SMILES string of the molecule is O=S(=O)(CCc1ccc(-c2cc(Br)ccc2F)cc1)CCc1ccc(-c2cc(Br)ccc2F)cc1. The second-order valence-corrected chi connectivity index (χ2v) is 12.4. The first-order chi connectivity index (χ1) is 16.7. The molecule has 0 saturated carbocycles. The van der Waals surface area contributed by atoms with E-state index in [1.807, 2.05) is 48.5 Å². The van der Waals surface area contributed by atoms with Crippen molar-refractivity contribution < 1.29 is 17.2 Å². The Kier molecular flexibility index (Phi) is 8.19. The first kappa shape index (κ1) is 25.7. The van der Waals surface area contributed by atoms with Crippen molar-refractivity contribution in [2.45, 2.75) is 12.8 Å². The van der Waals surface area contributed by atoms with Gasteiger partial charge in [-0.1, -0.05) is 80.4 Å². The van der Waals surface area contributed by atoms with Crippen molar-refractivity contribution in [3.8, 4) is 22.3 Å². The summed E-state index contributed by atoms with van der Waals surface area (Å²) in [7, 11) is -3.26. The molecule has 0 N–H and O–H groups in total. The number of aryl methyl sites for hydroxylation is 2. The van der Waals surface area contributed by atoms with Crippen molar-refractivity contribution >= 4 is 41.7 Å². The maximum absolute atomic E-state index is 14.1. The molecular weight excluding hydrogens is 598 g/mol. The minimum absolute atomic E-state index is 0.0406. The van der Waals surface area contributed by atoms with Gasteiger partial charge in [-0.05, 0) is 71.5 Å². The highest BCUT2D eigenvalue weighted by molar-refractivity contribution is 9.10. The Hall–Kier alpha value is -2.35. The van der Waals surface area contributed by atoms with E-state index in [1.54, 1.807) is 24.3 Å². The third-order valence-electron chi connectivity index (χ3n) is 5.79. The Morgan fingerprint density at radius 2 is 0.943 bits per heavy atom. The maximum atomic E-state index is 14.1. The monoisotopic (exact) mass is 618 g/mol. The van der Waals surface area contributed by atoms with Gasteiger partial charge in [0.1, 0.15) is 11.6 Å². The lowest BCUT2D eigenvalue weighted by molar-refractivity contribution is 0.594. The third kappa shape index (κ3) is 6.87. The van der Waals surface area contributed by atoms with Gasteiger partial charge in [0, 0.05) is 20.1 Å². The van der Waals surface area contributed by atoms with Crippen LogP contribution in [-0.2, 0) is 22.7 Å². The zero-order valence-corrected chi connectivity index (χ0v) is 22.6. The van der Waals surface area contributed by atoms with Crippen LogP contribution in [-0.4, -0.2) is 19.9 Å². The normalized spacial score (nSPS) is 11.5. The summed E-state index contributed by atoms with van der Waals surface area (Å²) in [6.45, 7) is 0. The number of hydrogen-bond donors (Lipinski definition) is 0. The summed E-state index contributed by atoms with van der Waals surface area (Å²) in [5.74, 6) is -0.533. The Morgan fingerprint density at radius 1 is 0.571 bits per heavy atom. The van der Waals surface area contributed by atoms with Crippen molar-refractivity contribution in [1.82, 2.24) is 0 Å². The fourth-order valence-corrected chi connectivity index (χ4v) is 5.81. The highest BCUT2D eigenvalue weighted by Gasteiger charge is 2.13. The van der Waals surface area contributed by atoms with Gasteiger partial charge in [-0.25, -0.2) is 17.2 Å². The van der Waals surface area contributed by atoms with Crippen LogP contribution in [0.2, 0.25) is 0 Å². The molecule has 2 nitrogen and oxygen atoms in total. The predicted molar refractivity (Wildman–Crippen MR) is 145 cm³/mol. The molecule has 0 fully saturated rings. The summed E-state index contributed by atoms with van der Waals surface area (Å²) < 4.78 is 55.0. The molecule has 35 heavy (non-hydrogen) atoms. The number of halogens is 4. The number of sulfone groups is 1. The second kappa shape index (κ2) is 11.1. The lowest BCUT2D eigenvalue weighted by Crippen LogP contribution is -2.14. The van der Waals surface area contributed by atoms with Gasteiger partial charge in [0.15, 0.2) is 9.84 Å². The molecule has 0 aliphatic carbocycles. The summed E-state index contributed by atoms with van der Waals surface area (Å²) in [5, 5.41) is 0. The number of benzene rings is 4. The Balaban J connectivity index is 1.34. The molecular formula is C28H22Br2F2O2S. The predicted octanol–water partition coefficient (Wildman–Crippen LogP) is 8.02. The van der Waals surface area contributed by atoms with Crippen LogP contribution in [0.15, 0.2) is 93.9 Å². The zero-order chi connectivity index (χ0) is 25.0. The molecule has 0 aliphatic rings. The van der Waals surface area contributed by atoms with Gasteiger partial charge in [-0.15, -0.1) is 0 Å². The molecule has 0 radical (unpaired) electrons. The van der Waals surface area contributed by atoms with Gasteiger partial charge < -0.3 is 0 Å². The largest absolute Gasteiger partial charge is 0.229 e. The van der Waals surface area contributed by atoms with Crippen molar-refractivity contribution in [3.63, 3.8) is 0 Å². The van der Waals surface area contributed by atoms with Gasteiger partial charge in [-0.3, -0.25) is 0 Å². The van der Waals surface area contributed by atoms with Crippen LogP contribution in [0.3, 0.4) is 0 Å². The van der Waals surface area contributed by atoms with Crippen molar-refractivity contribution in [2.24, 2.45) is 0 Å². The molecule has 0 saturated heterocycles. The highest BCUT2D eigenvalue weighted by atomic mass is 79.9. The van der Waals surface area contributed by atoms with E-state index in [0.717, 1.165) is 31.2 Å². The molecule has 4 rings (SSSR count). The summed E-state index contributed by atoms with van der Waals surface area (Å²) in [6.07, 6.45) is 0.787. The molecule has 4 aromatic rings. The molecule has 7 heteroatoms. The van der Waals surface area contributed by atoms with E-state index in [2.05, 4.69) is 31.9 Å². The van der Waals surface area contributed by atoms with E-state index in [9.17, 15) is 17.2 Å². The molecule has 0 unspecified atom stereocenters. The fourth-order valence-electron chi connectivity index (χ4n) is 3.79. The first-order valence-electron chi connectivity index (χ1n) is 11.0. The maximum Gasteiger partial charge on any atom is 0.150 e. The summed E-state index contributed by atoms with van der Waals surface area (Å²) in [4.78, 5) is 0. The molecule has 0 bridgehead atoms. The molecule has 180 valence electrons. The molecule has 0 amide bonds. The average molecular weight is 620 g/mol. The standard InChI is InChI=1S/C28H22Br2F2O2S/c29-23-9-11-27(31)25(17-23)21-5-1-19(2-6-21)13-15-35(33,34)16-14-20-3-7-22(8-4-20)26-18-24(30)10-12-28(26)32/h1-12,17-18H,13-16H2. The van der Waals surface area contributed by atoms with E-state index in [1.165, 1.54) is 12.1 Å². The molecule has 0 atom stereocenters. The number of hydrogen-bond acceptors (Lipinski definition) is 2. The van der Waals surface area contributed by atoms with Gasteiger partial charge in [0.25, 0.3) is 0 Å². The lowest BCUT2D eigenvalue weighted by atomic mass is 10.0. The topological polar surface area (TPSA) is 34.1 Å². The van der Waals surface area contributed by atoms with Crippen molar-refractivity contribution in [1.29, 1.82) is 0 Å². The highest BCUT2D eigenvalue weighted by Crippen LogP contribution is 2.28. The van der Waals surface area contributed by atoms with Gasteiger partial charge >= 0.3 is 0 Å². The zero-order valence-electron chi connectivity index (χ0n) is 18.6. The minimum Gasteiger partial charge on any atom is -0.229 e. The van der Waals surface area contributed by atoms with Crippen molar-refractivity contribution in [2.75, 3.05) is 11.5 Å². The quantitative estimate of drug-likeness (QED) is 0.200. The Morgan fingerprint density at radius 3 is 1.31 bits per heavy atom. The lowest BCUT2D eigenvalue weighted by Gasteiger charge is -2.08. The molecule has 0 heterocycles. The van der Waals surface area contributed by atoms with Gasteiger partial charge in [-0.2, -0.15) is 0 Å². The van der Waals surface area contributed by atoms with E-state index in [4.69, 9.17) is 0 Å². The summed E-state index contributed by atoms with van der Waals surface area (Å²) in [6, 6.07) is 24.1. The van der Waals surface area contributed by atoms with Crippen LogP contribution in [0.1, 0.15) is 11.1 Å². The average Bonchev–Trinajstić information content (AvgIpc) is 2.85. The molecule has 0 aliphatic heterocycles. The van der Waals surface area contributed by atoms with Crippen LogP contribution in [0.4, 0.5) is 8.78 Å². The van der Waals surface area contributed by atoms with Crippen molar-refractivity contribution in [3.05, 3.63) is 117 Å². The van der Waals surface area contributed by atoms with E-state index in [0.29, 0.717) is 24.0 Å². The van der Waals surface area contributed by atoms with Crippen LogP contribution in [0.25, 0.3) is 22.3 Å². The summed E-state index contributed by atoms with van der Waals surface area (Å²) >= 11 is 6.71. The van der Waals surface area contributed by atoms with E-state index < -0.39 is 9.84 Å². The minimum atomic E-state index is -3.26. The van der Waals surface area contributed by atoms with Crippen LogP contribution < -0.4 is 0 Å². The van der Waals surface area contributed by atoms with Crippen LogP contribution >= 0.6 is 31.9 Å². The van der Waals surface area contributed by atoms with Gasteiger partial charge in [0.2, 0.25) is 0 Å². The molecule has 0 aromatic heterocycles. The smallest absolute Gasteiger partial charge is 0.150 e. The summed E-state index contributed by atoms with van der Waals surface area (Å²) in [5.41, 5.74) is 4.23. The fraction of sp³-hybridized carbons (Fsp3) is 0.143. The second-order valence-electron chi connectivity index (χ2n) is 8.29. The van der Waals surface area contributed by atoms with E-state index >= 15 is 0 Å². The first-order valence-corrected chi connectivity index (χ1v) is 14.4. The molecule has 0 spiro atoms. The molecule has 4 aromatic carbocycles. The van der Waals surface area contributed by atoms with E-state index in [-0.39, 0.29) is 23.1 Å².